The van der Waals surface area contributed by atoms with E-state index in [1.807, 2.05) is 30.9 Å². The number of nitrogens with one attached hydrogen (secondary N) is 1. The fourth-order valence-electron chi connectivity index (χ4n) is 2.49. The molecule has 1 heterocycles. The Bertz CT molecular complexity index is 634. The van der Waals surface area contributed by atoms with Crippen molar-refractivity contribution in [2.75, 3.05) is 32.7 Å². The second kappa shape index (κ2) is 6.13. The Balaban J connectivity index is 2.15. The van der Waals surface area contributed by atoms with Gasteiger partial charge in [0.1, 0.15) is 5.84 Å². The summed E-state index contributed by atoms with van der Waals surface area (Å²) in [6, 6.07) is 5.49. The third-order valence-corrected chi connectivity index (χ3v) is 5.73. The summed E-state index contributed by atoms with van der Waals surface area (Å²) in [6.45, 7) is 6.18. The number of rotatable bonds is 4. The first-order valence-corrected chi connectivity index (χ1v) is 8.37. The predicted octanol–water partition coefficient (Wildman–Crippen LogP) is 0.546. The molecule has 6 nitrogen and oxygen atoms in total. The van der Waals surface area contributed by atoms with Crippen LogP contribution in [0.25, 0.3) is 0 Å². The molecule has 0 atom stereocenters. The van der Waals surface area contributed by atoms with Crippen molar-refractivity contribution in [2.24, 2.45) is 5.73 Å². The van der Waals surface area contributed by atoms with Gasteiger partial charge < -0.3 is 5.73 Å². The molecule has 3 N–H and O–H groups in total. The summed E-state index contributed by atoms with van der Waals surface area (Å²) < 4.78 is 27.0. The van der Waals surface area contributed by atoms with E-state index in [-0.39, 0.29) is 5.84 Å². The van der Waals surface area contributed by atoms with Gasteiger partial charge in [-0.25, -0.2) is 8.42 Å². The van der Waals surface area contributed by atoms with E-state index in [2.05, 4.69) is 0 Å². The Kier molecular flexibility index (Phi) is 4.65. The first-order chi connectivity index (χ1) is 9.80. The first-order valence-electron chi connectivity index (χ1n) is 6.93. The van der Waals surface area contributed by atoms with Crippen LogP contribution in [-0.2, 0) is 10.0 Å². The molecule has 0 bridgehead atoms. The topological polar surface area (TPSA) is 90.5 Å². The number of amidine groups is 1. The highest BCUT2D eigenvalue weighted by atomic mass is 32.2. The van der Waals surface area contributed by atoms with E-state index in [0.717, 1.165) is 11.1 Å². The Labute approximate surface area is 126 Å². The van der Waals surface area contributed by atoms with E-state index in [9.17, 15) is 8.42 Å². The normalized spacial score (nSPS) is 17.8. The molecule has 0 aromatic heterocycles. The van der Waals surface area contributed by atoms with E-state index < -0.39 is 10.0 Å². The predicted molar refractivity (Wildman–Crippen MR) is 83.0 cm³/mol. The largest absolute Gasteiger partial charge is 0.387 e. The summed E-state index contributed by atoms with van der Waals surface area (Å²) in [7, 11) is -3.45. The van der Waals surface area contributed by atoms with Crippen LogP contribution in [-0.4, -0.2) is 56.2 Å². The highest BCUT2D eigenvalue weighted by Crippen LogP contribution is 2.22. The Morgan fingerprint density at radius 1 is 1.24 bits per heavy atom. The second-order valence-electron chi connectivity index (χ2n) is 5.47. The van der Waals surface area contributed by atoms with Gasteiger partial charge >= 0.3 is 0 Å². The Hall–Kier alpha value is -1.44. The molecule has 21 heavy (non-hydrogen) atoms. The number of piperazine rings is 1. The number of nitrogens with two attached hydrogens (primary N) is 1. The van der Waals surface area contributed by atoms with Crippen LogP contribution in [0.1, 0.15) is 11.1 Å². The van der Waals surface area contributed by atoms with Gasteiger partial charge in [0.05, 0.1) is 11.4 Å². The Morgan fingerprint density at radius 2 is 1.86 bits per heavy atom. The minimum absolute atomic E-state index is 0.112. The van der Waals surface area contributed by atoms with Crippen molar-refractivity contribution in [3.05, 3.63) is 29.3 Å². The molecule has 2 rings (SSSR count). The first kappa shape index (κ1) is 15.9. The lowest BCUT2D eigenvalue weighted by atomic mass is 10.2. The lowest BCUT2D eigenvalue weighted by Gasteiger charge is -2.33. The molecule has 1 aromatic carbocycles. The Morgan fingerprint density at radius 3 is 2.43 bits per heavy atom. The number of hydrogen-bond acceptors (Lipinski definition) is 4. The summed E-state index contributed by atoms with van der Waals surface area (Å²) in [5, 5.41) is 7.29. The van der Waals surface area contributed by atoms with Crippen molar-refractivity contribution >= 4 is 15.9 Å². The van der Waals surface area contributed by atoms with Crippen molar-refractivity contribution in [1.29, 1.82) is 5.41 Å². The van der Waals surface area contributed by atoms with Crippen molar-refractivity contribution < 1.29 is 8.42 Å². The van der Waals surface area contributed by atoms with Crippen LogP contribution in [0, 0.1) is 19.3 Å². The number of nitrogens with zero attached hydrogens (tertiary/aromatic N) is 2. The molecule has 1 fully saturated rings. The maximum absolute atomic E-state index is 12.7. The van der Waals surface area contributed by atoms with E-state index >= 15 is 0 Å². The lowest BCUT2D eigenvalue weighted by Crippen LogP contribution is -2.50. The number of aryl methyl sites for hydroxylation is 2. The fraction of sp³-hybridized carbons (Fsp3) is 0.500. The van der Waals surface area contributed by atoms with Gasteiger partial charge in [-0.1, -0.05) is 12.1 Å². The summed E-state index contributed by atoms with van der Waals surface area (Å²) in [4.78, 5) is 2.39. The fourth-order valence-corrected chi connectivity index (χ4v) is 4.23. The van der Waals surface area contributed by atoms with Crippen molar-refractivity contribution in [3.63, 3.8) is 0 Å². The van der Waals surface area contributed by atoms with Crippen LogP contribution in [0.5, 0.6) is 0 Å². The van der Waals surface area contributed by atoms with Crippen LogP contribution in [0.3, 0.4) is 0 Å². The molecule has 7 heteroatoms. The molecule has 0 saturated carbocycles. The zero-order valence-electron chi connectivity index (χ0n) is 12.5. The smallest absolute Gasteiger partial charge is 0.243 e. The maximum Gasteiger partial charge on any atom is 0.243 e. The number of sulfonamides is 1. The number of benzene rings is 1. The molecule has 0 unspecified atom stereocenters. The molecule has 0 amide bonds. The van der Waals surface area contributed by atoms with Gasteiger partial charge in [-0.2, -0.15) is 4.31 Å². The summed E-state index contributed by atoms with van der Waals surface area (Å²) in [5.74, 6) is 0.112. The molecule has 0 aliphatic carbocycles. The van der Waals surface area contributed by atoms with Crippen LogP contribution >= 0.6 is 0 Å². The monoisotopic (exact) mass is 310 g/mol. The molecule has 1 aliphatic heterocycles. The van der Waals surface area contributed by atoms with Gasteiger partial charge in [0.15, 0.2) is 0 Å². The van der Waals surface area contributed by atoms with Crippen molar-refractivity contribution in [3.8, 4) is 0 Å². The maximum atomic E-state index is 12.7. The van der Waals surface area contributed by atoms with Gasteiger partial charge in [0.25, 0.3) is 0 Å². The molecule has 0 radical (unpaired) electrons. The van der Waals surface area contributed by atoms with Crippen LogP contribution in [0.4, 0.5) is 0 Å². The van der Waals surface area contributed by atoms with Gasteiger partial charge in [-0.05, 0) is 31.0 Å². The van der Waals surface area contributed by atoms with E-state index in [4.69, 9.17) is 11.1 Å². The zero-order valence-corrected chi connectivity index (χ0v) is 13.3. The quantitative estimate of drug-likeness (QED) is 0.627. The molecule has 1 aliphatic rings. The van der Waals surface area contributed by atoms with Crippen LogP contribution < -0.4 is 5.73 Å². The number of hydrogen-bond donors (Lipinski definition) is 2. The molecule has 1 aromatic rings. The zero-order chi connectivity index (χ0) is 15.6. The second-order valence-corrected chi connectivity index (χ2v) is 7.38. The average molecular weight is 310 g/mol. The van der Waals surface area contributed by atoms with Gasteiger partial charge in [-0.3, -0.25) is 10.3 Å². The molecule has 0 spiro atoms. The molecular weight excluding hydrogens is 288 g/mol. The highest BCUT2D eigenvalue weighted by Gasteiger charge is 2.29. The minimum atomic E-state index is -3.45. The summed E-state index contributed by atoms with van der Waals surface area (Å²) in [6.07, 6.45) is 0. The van der Waals surface area contributed by atoms with Crippen molar-refractivity contribution in [1.82, 2.24) is 9.21 Å². The van der Waals surface area contributed by atoms with Gasteiger partial charge in [0.2, 0.25) is 10.0 Å². The third-order valence-electron chi connectivity index (χ3n) is 3.69. The van der Waals surface area contributed by atoms with Gasteiger partial charge in [-0.15, -0.1) is 0 Å². The van der Waals surface area contributed by atoms with Crippen molar-refractivity contribution in [2.45, 2.75) is 18.7 Å². The standard InChI is InChI=1S/C14H22N4O2S/c1-11-3-4-12(2)13(9-11)21(19,20)18-7-5-17(6-8-18)10-14(15)16/h3-4,9H,5-8,10H2,1-2H3,(H3,15,16). The molecule has 116 valence electrons. The third kappa shape index (κ3) is 3.61. The van der Waals surface area contributed by atoms with Gasteiger partial charge in [0, 0.05) is 26.2 Å². The van der Waals surface area contributed by atoms with E-state index in [1.165, 1.54) is 4.31 Å². The van der Waals surface area contributed by atoms with E-state index in [0.29, 0.717) is 37.6 Å². The highest BCUT2D eigenvalue weighted by molar-refractivity contribution is 7.89. The molecule has 1 saturated heterocycles. The molecular formula is C14H22N4O2S. The summed E-state index contributed by atoms with van der Waals surface area (Å²) in [5.41, 5.74) is 7.09. The minimum Gasteiger partial charge on any atom is -0.387 e. The SMILES string of the molecule is Cc1ccc(C)c(S(=O)(=O)N2CCN(CC(=N)N)CC2)c1. The van der Waals surface area contributed by atoms with Crippen LogP contribution in [0.15, 0.2) is 23.1 Å². The summed E-state index contributed by atoms with van der Waals surface area (Å²) >= 11 is 0. The average Bonchev–Trinajstić information content (AvgIpc) is 2.41. The van der Waals surface area contributed by atoms with E-state index in [1.54, 1.807) is 6.07 Å². The lowest BCUT2D eigenvalue weighted by molar-refractivity contribution is 0.208. The van der Waals surface area contributed by atoms with Crippen LogP contribution in [0.2, 0.25) is 0 Å².